The second-order valence-corrected chi connectivity index (χ2v) is 4.93. The number of carbonyl (C=O) groups excluding carboxylic acids is 1. The number of aromatic nitrogens is 1. The minimum Gasteiger partial charge on any atom is -0.543 e. The van der Waals surface area contributed by atoms with Crippen LogP contribution in [0.25, 0.3) is 0 Å². The molecule has 1 heterocycles. The molecule has 1 aromatic rings. The lowest BCUT2D eigenvalue weighted by atomic mass is 10.1. The molecule has 3 nitrogen and oxygen atoms in total. The zero-order valence-electron chi connectivity index (χ0n) is 6.63. The highest BCUT2D eigenvalue weighted by Gasteiger charge is 2.13. The number of rotatable bonds is 2. The molecule has 0 saturated carbocycles. The standard InChI is InChI=1S/C7H8BrNO2S/c1-3(2)5-4(6(10)11)9-7(8)12-5/h3H,1-2H3,(H,10,11)/p-1. The van der Waals surface area contributed by atoms with Gasteiger partial charge < -0.3 is 9.90 Å². The molecule has 0 fully saturated rings. The molecule has 1 aromatic heterocycles. The number of aromatic carboxylic acids is 1. The summed E-state index contributed by atoms with van der Waals surface area (Å²) in [5.74, 6) is -1.04. The zero-order chi connectivity index (χ0) is 9.30. The molecule has 0 aliphatic heterocycles. The van der Waals surface area contributed by atoms with Crippen LogP contribution in [0.3, 0.4) is 0 Å². The molecule has 0 saturated heterocycles. The minimum atomic E-state index is -1.21. The zero-order valence-corrected chi connectivity index (χ0v) is 9.03. The maximum Gasteiger partial charge on any atom is 0.160 e. The fourth-order valence-electron chi connectivity index (χ4n) is 0.842. The lowest BCUT2D eigenvalue weighted by Crippen LogP contribution is -2.24. The third-order valence-corrected chi connectivity index (χ3v) is 3.15. The Morgan fingerprint density at radius 3 is 2.58 bits per heavy atom. The molecule has 0 spiro atoms. The Morgan fingerprint density at radius 2 is 2.25 bits per heavy atom. The average Bonchev–Trinajstić information content (AvgIpc) is 2.31. The highest BCUT2D eigenvalue weighted by Crippen LogP contribution is 2.29. The van der Waals surface area contributed by atoms with Crippen molar-refractivity contribution in [3.63, 3.8) is 0 Å². The second kappa shape index (κ2) is 3.53. The monoisotopic (exact) mass is 248 g/mol. The van der Waals surface area contributed by atoms with Crippen LogP contribution in [0, 0.1) is 0 Å². The molecule has 12 heavy (non-hydrogen) atoms. The second-order valence-electron chi connectivity index (χ2n) is 2.62. The predicted molar refractivity (Wildman–Crippen MR) is 48.2 cm³/mol. The van der Waals surface area contributed by atoms with Gasteiger partial charge in [-0.2, -0.15) is 0 Å². The summed E-state index contributed by atoms with van der Waals surface area (Å²) in [6.45, 7) is 3.85. The molecule has 0 atom stereocenters. The van der Waals surface area contributed by atoms with Gasteiger partial charge in [0, 0.05) is 4.88 Å². The Morgan fingerprint density at radius 1 is 1.67 bits per heavy atom. The van der Waals surface area contributed by atoms with Crippen LogP contribution in [0.15, 0.2) is 3.92 Å². The molecule has 0 radical (unpaired) electrons. The van der Waals surface area contributed by atoms with Gasteiger partial charge in [0.05, 0.1) is 5.97 Å². The fourth-order valence-corrected chi connectivity index (χ4v) is 2.32. The van der Waals surface area contributed by atoms with Gasteiger partial charge in [-0.1, -0.05) is 13.8 Å². The molecule has 5 heteroatoms. The Hall–Kier alpha value is -0.420. The molecular formula is C7H7BrNO2S-. The van der Waals surface area contributed by atoms with Crippen molar-refractivity contribution in [1.82, 2.24) is 4.98 Å². The van der Waals surface area contributed by atoms with E-state index >= 15 is 0 Å². The van der Waals surface area contributed by atoms with Crippen LogP contribution < -0.4 is 5.11 Å². The quantitative estimate of drug-likeness (QED) is 0.795. The summed E-state index contributed by atoms with van der Waals surface area (Å²) in [5.41, 5.74) is 0.0573. The summed E-state index contributed by atoms with van der Waals surface area (Å²) in [7, 11) is 0. The van der Waals surface area contributed by atoms with E-state index in [4.69, 9.17) is 0 Å². The molecule has 0 aliphatic rings. The number of nitrogens with zero attached hydrogens (tertiary/aromatic N) is 1. The van der Waals surface area contributed by atoms with Crippen molar-refractivity contribution < 1.29 is 9.90 Å². The van der Waals surface area contributed by atoms with Crippen LogP contribution in [0.2, 0.25) is 0 Å². The highest BCUT2D eigenvalue weighted by molar-refractivity contribution is 9.11. The van der Waals surface area contributed by atoms with E-state index in [1.807, 2.05) is 13.8 Å². The summed E-state index contributed by atoms with van der Waals surface area (Å²) in [5, 5.41) is 10.6. The van der Waals surface area contributed by atoms with Gasteiger partial charge in [0.15, 0.2) is 3.92 Å². The third kappa shape index (κ3) is 1.84. The molecule has 0 bridgehead atoms. The number of hydrogen-bond donors (Lipinski definition) is 0. The van der Waals surface area contributed by atoms with Gasteiger partial charge in [0.1, 0.15) is 5.69 Å². The summed E-state index contributed by atoms with van der Waals surface area (Å²) in [6, 6.07) is 0. The third-order valence-electron chi connectivity index (χ3n) is 1.35. The van der Waals surface area contributed by atoms with E-state index in [9.17, 15) is 9.90 Å². The fraction of sp³-hybridized carbons (Fsp3) is 0.429. The van der Waals surface area contributed by atoms with Gasteiger partial charge in [-0.05, 0) is 21.8 Å². The minimum absolute atomic E-state index is 0.0573. The molecule has 66 valence electrons. The van der Waals surface area contributed by atoms with Crippen molar-refractivity contribution in [1.29, 1.82) is 0 Å². The van der Waals surface area contributed by atoms with E-state index < -0.39 is 5.97 Å². The Kier molecular flexibility index (Phi) is 2.85. The van der Waals surface area contributed by atoms with Crippen molar-refractivity contribution >= 4 is 33.2 Å². The Balaban J connectivity index is 3.17. The van der Waals surface area contributed by atoms with Gasteiger partial charge in [-0.15, -0.1) is 11.3 Å². The number of carboxylic acid groups (broad SMARTS) is 1. The van der Waals surface area contributed by atoms with Crippen LogP contribution in [0.1, 0.15) is 35.1 Å². The molecular weight excluding hydrogens is 242 g/mol. The van der Waals surface area contributed by atoms with E-state index in [0.717, 1.165) is 4.88 Å². The first-order chi connectivity index (χ1) is 5.52. The molecule has 1 rings (SSSR count). The van der Waals surface area contributed by atoms with Crippen molar-refractivity contribution in [3.8, 4) is 0 Å². The largest absolute Gasteiger partial charge is 0.543 e. The van der Waals surface area contributed by atoms with Gasteiger partial charge in [0.25, 0.3) is 0 Å². The molecule has 0 N–H and O–H groups in total. The summed E-state index contributed by atoms with van der Waals surface area (Å²) in [6.07, 6.45) is 0. The molecule has 0 aromatic carbocycles. The van der Waals surface area contributed by atoms with Crippen molar-refractivity contribution in [3.05, 3.63) is 14.5 Å². The van der Waals surface area contributed by atoms with E-state index in [-0.39, 0.29) is 11.6 Å². The molecule has 0 unspecified atom stereocenters. The van der Waals surface area contributed by atoms with Gasteiger partial charge in [-0.25, -0.2) is 4.98 Å². The van der Waals surface area contributed by atoms with Crippen molar-refractivity contribution in [2.45, 2.75) is 19.8 Å². The number of halogens is 1. The predicted octanol–water partition coefficient (Wildman–Crippen LogP) is 1.39. The van der Waals surface area contributed by atoms with Crippen LogP contribution in [0.4, 0.5) is 0 Å². The maximum absolute atomic E-state index is 10.6. The number of carbonyl (C=O) groups is 1. The van der Waals surface area contributed by atoms with E-state index in [2.05, 4.69) is 20.9 Å². The van der Waals surface area contributed by atoms with Crippen LogP contribution in [-0.2, 0) is 0 Å². The van der Waals surface area contributed by atoms with E-state index in [1.54, 1.807) is 0 Å². The van der Waals surface area contributed by atoms with Crippen LogP contribution in [-0.4, -0.2) is 11.0 Å². The smallest absolute Gasteiger partial charge is 0.160 e. The van der Waals surface area contributed by atoms with Crippen LogP contribution >= 0.6 is 27.3 Å². The number of carboxylic acids is 1. The normalized spacial score (nSPS) is 10.7. The van der Waals surface area contributed by atoms with Crippen LogP contribution in [0.5, 0.6) is 0 Å². The maximum atomic E-state index is 10.6. The number of thiazole rings is 1. The first kappa shape index (κ1) is 9.67. The summed E-state index contributed by atoms with van der Waals surface area (Å²) < 4.78 is 0.588. The van der Waals surface area contributed by atoms with E-state index in [1.165, 1.54) is 11.3 Å². The lowest BCUT2D eigenvalue weighted by molar-refractivity contribution is -0.255. The average molecular weight is 249 g/mol. The first-order valence-corrected chi connectivity index (χ1v) is 5.01. The van der Waals surface area contributed by atoms with E-state index in [0.29, 0.717) is 3.92 Å². The Labute approximate surface area is 82.6 Å². The molecule has 0 amide bonds. The van der Waals surface area contributed by atoms with Gasteiger partial charge >= 0.3 is 0 Å². The Bertz CT molecular complexity index is 308. The lowest BCUT2D eigenvalue weighted by Gasteiger charge is -2.04. The number of hydrogen-bond acceptors (Lipinski definition) is 4. The summed E-state index contributed by atoms with van der Waals surface area (Å²) in [4.78, 5) is 15.1. The van der Waals surface area contributed by atoms with Crippen molar-refractivity contribution in [2.75, 3.05) is 0 Å². The topological polar surface area (TPSA) is 53.0 Å². The summed E-state index contributed by atoms with van der Waals surface area (Å²) >= 11 is 4.47. The highest BCUT2D eigenvalue weighted by atomic mass is 79.9. The van der Waals surface area contributed by atoms with Crippen molar-refractivity contribution in [2.24, 2.45) is 0 Å². The van der Waals surface area contributed by atoms with Gasteiger partial charge in [-0.3, -0.25) is 0 Å². The molecule has 0 aliphatic carbocycles. The van der Waals surface area contributed by atoms with Gasteiger partial charge in [0.2, 0.25) is 0 Å². The first-order valence-electron chi connectivity index (χ1n) is 3.40. The SMILES string of the molecule is CC(C)c1sc(Br)nc1C(=O)[O-].